The largest absolute Gasteiger partial charge is 0.461 e. The van der Waals surface area contributed by atoms with Crippen LogP contribution in [0.15, 0.2) is 0 Å². The van der Waals surface area contributed by atoms with Gasteiger partial charge in [0.1, 0.15) is 5.60 Å². The molecule has 0 heterocycles. The molecule has 5 heteroatoms. The quantitative estimate of drug-likeness (QED) is 0.806. The third-order valence-corrected chi connectivity index (χ3v) is 4.92. The average molecular weight is 276 g/mol. The Bertz CT molecular complexity index is 339. The topological polar surface area (TPSA) is 46.5 Å². The van der Waals surface area contributed by atoms with Crippen molar-refractivity contribution in [1.82, 2.24) is 0 Å². The lowest BCUT2D eigenvalue weighted by Crippen LogP contribution is -2.56. The van der Waals surface area contributed by atoms with Crippen LogP contribution in [0.4, 0.5) is 8.78 Å². The number of rotatable bonds is 3. The van der Waals surface area contributed by atoms with E-state index in [0.29, 0.717) is 12.8 Å². The maximum Gasteiger partial charge on any atom is 0.380 e. The number of ether oxygens (including phenoxy) is 1. The molecule has 0 aromatic carbocycles. The van der Waals surface area contributed by atoms with Crippen molar-refractivity contribution >= 4 is 5.97 Å². The molecule has 0 aromatic heterocycles. The van der Waals surface area contributed by atoms with Gasteiger partial charge in [0.2, 0.25) is 0 Å². The molecule has 1 N–H and O–H groups in total. The van der Waals surface area contributed by atoms with Gasteiger partial charge in [-0.05, 0) is 50.9 Å². The lowest BCUT2D eigenvalue weighted by molar-refractivity contribution is -0.225. The van der Waals surface area contributed by atoms with Crippen molar-refractivity contribution in [3.63, 3.8) is 0 Å². The van der Waals surface area contributed by atoms with Crippen molar-refractivity contribution in [1.29, 1.82) is 0 Å². The number of halogens is 2. The summed E-state index contributed by atoms with van der Waals surface area (Å²) in [5, 5.41) is 10.2. The molecule has 2 aliphatic carbocycles. The average Bonchev–Trinajstić information content (AvgIpc) is 2.82. The van der Waals surface area contributed by atoms with Crippen molar-refractivity contribution in [2.45, 2.75) is 69.8 Å². The molecule has 0 aliphatic heterocycles. The summed E-state index contributed by atoms with van der Waals surface area (Å²) in [4.78, 5) is 11.3. The first-order valence-corrected chi connectivity index (χ1v) is 7.13. The Morgan fingerprint density at radius 1 is 1.16 bits per heavy atom. The Hall–Kier alpha value is -0.710. The summed E-state index contributed by atoms with van der Waals surface area (Å²) >= 11 is 0. The monoisotopic (exact) mass is 276 g/mol. The smallest absolute Gasteiger partial charge is 0.380 e. The van der Waals surface area contributed by atoms with Crippen molar-refractivity contribution in [2.75, 3.05) is 6.61 Å². The Morgan fingerprint density at radius 2 is 1.68 bits per heavy atom. The molecule has 2 rings (SSSR count). The maximum absolute atomic E-state index is 14.0. The van der Waals surface area contributed by atoms with Crippen molar-refractivity contribution in [3.05, 3.63) is 0 Å². The van der Waals surface area contributed by atoms with E-state index in [0.717, 1.165) is 25.7 Å². The SMILES string of the molecule is CCOC(=O)C(F)(F)C1(O)CCC2(CCCC2)CC1. The minimum atomic E-state index is -3.80. The molecule has 2 fully saturated rings. The van der Waals surface area contributed by atoms with Crippen LogP contribution in [0.5, 0.6) is 0 Å². The van der Waals surface area contributed by atoms with Crippen molar-refractivity contribution < 1.29 is 23.4 Å². The van der Waals surface area contributed by atoms with Crippen molar-refractivity contribution in [3.8, 4) is 0 Å². The van der Waals surface area contributed by atoms with Gasteiger partial charge < -0.3 is 9.84 Å². The van der Waals surface area contributed by atoms with Gasteiger partial charge in [-0.2, -0.15) is 8.78 Å². The van der Waals surface area contributed by atoms with Gasteiger partial charge >= 0.3 is 11.9 Å². The third-order valence-electron chi connectivity index (χ3n) is 4.92. The highest BCUT2D eigenvalue weighted by Gasteiger charge is 2.61. The van der Waals surface area contributed by atoms with Crippen LogP contribution in [-0.4, -0.2) is 29.2 Å². The maximum atomic E-state index is 14.0. The van der Waals surface area contributed by atoms with Crippen LogP contribution >= 0.6 is 0 Å². The molecule has 0 atom stereocenters. The van der Waals surface area contributed by atoms with Crippen LogP contribution in [0.3, 0.4) is 0 Å². The summed E-state index contributed by atoms with van der Waals surface area (Å²) in [5.41, 5.74) is -2.09. The van der Waals surface area contributed by atoms with Gasteiger partial charge in [0.25, 0.3) is 0 Å². The molecule has 110 valence electrons. The number of hydrogen-bond acceptors (Lipinski definition) is 3. The van der Waals surface area contributed by atoms with E-state index < -0.39 is 17.5 Å². The van der Waals surface area contributed by atoms with Gasteiger partial charge in [-0.15, -0.1) is 0 Å². The summed E-state index contributed by atoms with van der Waals surface area (Å²) in [6.45, 7) is 1.38. The summed E-state index contributed by atoms with van der Waals surface area (Å²) in [6.07, 6.45) is 5.55. The summed E-state index contributed by atoms with van der Waals surface area (Å²) < 4.78 is 32.4. The highest BCUT2D eigenvalue weighted by molar-refractivity contribution is 5.79. The molecule has 0 unspecified atom stereocenters. The van der Waals surface area contributed by atoms with E-state index in [4.69, 9.17) is 0 Å². The third kappa shape index (κ3) is 2.49. The summed E-state index contributed by atoms with van der Waals surface area (Å²) in [7, 11) is 0. The zero-order valence-corrected chi connectivity index (χ0v) is 11.4. The first-order valence-electron chi connectivity index (χ1n) is 7.13. The minimum Gasteiger partial charge on any atom is -0.461 e. The highest BCUT2D eigenvalue weighted by Crippen LogP contribution is 2.54. The predicted octanol–water partition coefficient (Wildman–Crippen LogP) is 3.05. The molecular formula is C14H22F2O3. The van der Waals surface area contributed by atoms with Crippen molar-refractivity contribution in [2.24, 2.45) is 5.41 Å². The van der Waals surface area contributed by atoms with Crippen LogP contribution in [0.2, 0.25) is 0 Å². The van der Waals surface area contributed by atoms with E-state index in [9.17, 15) is 18.7 Å². The molecule has 1 spiro atoms. The Kier molecular flexibility index (Phi) is 3.87. The van der Waals surface area contributed by atoms with Gasteiger partial charge in [-0.25, -0.2) is 4.79 Å². The molecule has 2 aliphatic rings. The van der Waals surface area contributed by atoms with Crippen LogP contribution < -0.4 is 0 Å². The van der Waals surface area contributed by atoms with Gasteiger partial charge in [0.15, 0.2) is 0 Å². The lowest BCUT2D eigenvalue weighted by atomic mass is 9.66. The zero-order chi connectivity index (χ0) is 14.1. The van der Waals surface area contributed by atoms with E-state index >= 15 is 0 Å². The first-order chi connectivity index (χ1) is 8.85. The number of hydrogen-bond donors (Lipinski definition) is 1. The molecule has 2 saturated carbocycles. The molecule has 0 saturated heterocycles. The predicted molar refractivity (Wildman–Crippen MR) is 65.9 cm³/mol. The lowest BCUT2D eigenvalue weighted by Gasteiger charge is -2.44. The van der Waals surface area contributed by atoms with Gasteiger partial charge in [-0.3, -0.25) is 0 Å². The summed E-state index contributed by atoms with van der Waals surface area (Å²) in [6, 6.07) is 0. The highest BCUT2D eigenvalue weighted by atomic mass is 19.3. The fourth-order valence-electron chi connectivity index (χ4n) is 3.54. The second kappa shape index (κ2) is 5.00. The first kappa shape index (κ1) is 14.7. The molecular weight excluding hydrogens is 254 g/mol. The van der Waals surface area contributed by atoms with E-state index in [1.165, 1.54) is 6.92 Å². The van der Waals surface area contributed by atoms with Gasteiger partial charge in [0, 0.05) is 0 Å². The molecule has 0 bridgehead atoms. The fraction of sp³-hybridized carbons (Fsp3) is 0.929. The second-order valence-electron chi connectivity index (χ2n) is 6.03. The Balaban J connectivity index is 2.06. The number of alkyl halides is 2. The summed E-state index contributed by atoms with van der Waals surface area (Å²) in [5.74, 6) is -5.40. The van der Waals surface area contributed by atoms with E-state index in [2.05, 4.69) is 4.74 Å². The zero-order valence-electron chi connectivity index (χ0n) is 11.4. The molecule has 0 amide bonds. The van der Waals surface area contributed by atoms with Crippen LogP contribution in [0, 0.1) is 5.41 Å². The van der Waals surface area contributed by atoms with E-state index in [1.54, 1.807) is 0 Å². The Morgan fingerprint density at radius 3 is 2.16 bits per heavy atom. The van der Waals surface area contributed by atoms with Crippen LogP contribution in [0.25, 0.3) is 0 Å². The molecule has 0 radical (unpaired) electrons. The van der Waals surface area contributed by atoms with Crippen LogP contribution in [0.1, 0.15) is 58.3 Å². The molecule has 19 heavy (non-hydrogen) atoms. The molecule has 0 aromatic rings. The number of aliphatic hydroxyl groups is 1. The number of carbonyl (C=O) groups excluding carboxylic acids is 1. The van der Waals surface area contributed by atoms with Gasteiger partial charge in [-0.1, -0.05) is 12.8 Å². The number of esters is 1. The van der Waals surface area contributed by atoms with E-state index in [1.807, 2.05) is 0 Å². The minimum absolute atomic E-state index is 0.0151. The normalized spacial score (nSPS) is 25.5. The number of carbonyl (C=O) groups is 1. The second-order valence-corrected chi connectivity index (χ2v) is 6.03. The fourth-order valence-corrected chi connectivity index (χ4v) is 3.54. The van der Waals surface area contributed by atoms with Crippen LogP contribution in [-0.2, 0) is 9.53 Å². The van der Waals surface area contributed by atoms with E-state index in [-0.39, 0.29) is 24.9 Å². The molecule has 3 nitrogen and oxygen atoms in total. The van der Waals surface area contributed by atoms with Gasteiger partial charge in [0.05, 0.1) is 6.61 Å². The standard InChI is InChI=1S/C14H22F2O3/c1-2-19-11(17)14(15,16)13(18)9-7-12(8-10-13)5-3-4-6-12/h18H,2-10H2,1H3. The Labute approximate surface area is 112 Å².